The summed E-state index contributed by atoms with van der Waals surface area (Å²) in [5.41, 5.74) is 6.35. The Kier molecular flexibility index (Phi) is 13.6. The molecule has 196 valence electrons. The smallest absolute Gasteiger partial charge is 0.326 e. The molecule has 1 rings (SSSR count). The number of carbonyl (C=O) groups excluding carboxylic acids is 3. The molecule has 0 fully saturated rings. The van der Waals surface area contributed by atoms with Gasteiger partial charge in [-0.15, -0.1) is 0 Å². The van der Waals surface area contributed by atoms with Crippen LogP contribution in [0.15, 0.2) is 24.3 Å². The molecule has 0 saturated carbocycles. The van der Waals surface area contributed by atoms with E-state index in [-0.39, 0.29) is 30.3 Å². The maximum Gasteiger partial charge on any atom is 0.326 e. The summed E-state index contributed by atoms with van der Waals surface area (Å²) in [5, 5.41) is 26.8. The van der Waals surface area contributed by atoms with Crippen LogP contribution in [0.3, 0.4) is 0 Å². The number of aromatic hydroxyl groups is 1. The first-order valence-corrected chi connectivity index (χ1v) is 13.3. The van der Waals surface area contributed by atoms with E-state index in [1.165, 1.54) is 23.9 Å². The monoisotopic (exact) mass is 528 g/mol. The molecule has 4 atom stereocenters. The molecule has 35 heavy (non-hydrogen) atoms. The van der Waals surface area contributed by atoms with Crippen molar-refractivity contribution in [2.24, 2.45) is 11.7 Å². The van der Waals surface area contributed by atoms with Crippen molar-refractivity contribution in [3.8, 4) is 5.75 Å². The number of hydrogen-bond donors (Lipinski definition) is 7. The Bertz CT molecular complexity index is 853. The number of aliphatic carboxylic acids is 1. The number of nitrogens with two attached hydrogens (primary N) is 1. The number of benzene rings is 1. The summed E-state index contributed by atoms with van der Waals surface area (Å²) in [6, 6.07) is 2.02. The molecule has 0 aliphatic carbocycles. The third-order valence-corrected chi connectivity index (χ3v) is 6.15. The lowest BCUT2D eigenvalue weighted by Crippen LogP contribution is -2.58. The van der Waals surface area contributed by atoms with E-state index in [0.29, 0.717) is 17.7 Å². The Hall–Kier alpha value is -2.44. The lowest BCUT2D eigenvalue weighted by Gasteiger charge is -2.25. The van der Waals surface area contributed by atoms with Crippen molar-refractivity contribution in [1.29, 1.82) is 0 Å². The largest absolute Gasteiger partial charge is 0.508 e. The van der Waals surface area contributed by atoms with Gasteiger partial charge >= 0.3 is 5.97 Å². The standard InChI is InChI=1S/C23H36N4O6S2/c1-13(2)10-19(23(32)33)27-22(31)18(11-14-4-6-15(28)7-5-14)26-21(30)17(8-9-35-3)25-20(29)16(24)12-34/h4-7,13,16-19,28,34H,8-12,24H2,1-3H3,(H,25,29)(H,26,30)(H,27,31)(H,32,33). The van der Waals surface area contributed by atoms with Gasteiger partial charge in [0.15, 0.2) is 0 Å². The summed E-state index contributed by atoms with van der Waals surface area (Å²) in [5.74, 6) is -2.24. The minimum absolute atomic E-state index is 0.0173. The van der Waals surface area contributed by atoms with E-state index in [1.807, 2.05) is 20.1 Å². The van der Waals surface area contributed by atoms with Crippen LogP contribution in [0.4, 0.5) is 0 Å². The highest BCUT2D eigenvalue weighted by Gasteiger charge is 2.30. The Balaban J connectivity index is 3.13. The SMILES string of the molecule is CSCCC(NC(=O)C(N)CS)C(=O)NC(Cc1ccc(O)cc1)C(=O)NC(CC(C)C)C(=O)O. The molecule has 0 bridgehead atoms. The van der Waals surface area contributed by atoms with Crippen molar-refractivity contribution in [1.82, 2.24) is 16.0 Å². The first-order valence-electron chi connectivity index (χ1n) is 11.3. The first-order chi connectivity index (χ1) is 16.5. The van der Waals surface area contributed by atoms with Gasteiger partial charge in [0.1, 0.15) is 23.9 Å². The molecular formula is C23H36N4O6S2. The average molecular weight is 529 g/mol. The number of thioether (sulfide) groups is 1. The number of carbonyl (C=O) groups is 4. The van der Waals surface area contributed by atoms with Crippen LogP contribution in [-0.2, 0) is 25.6 Å². The van der Waals surface area contributed by atoms with Gasteiger partial charge in [0.05, 0.1) is 6.04 Å². The summed E-state index contributed by atoms with van der Waals surface area (Å²) in [6.07, 6.45) is 2.43. The van der Waals surface area contributed by atoms with Crippen LogP contribution in [0.1, 0.15) is 32.3 Å². The molecule has 0 aliphatic rings. The second-order valence-electron chi connectivity index (χ2n) is 8.59. The number of carboxylic acid groups (broad SMARTS) is 1. The molecule has 0 spiro atoms. The van der Waals surface area contributed by atoms with Crippen LogP contribution in [0.5, 0.6) is 5.75 Å². The summed E-state index contributed by atoms with van der Waals surface area (Å²) in [6.45, 7) is 3.68. The topological polar surface area (TPSA) is 171 Å². The molecule has 0 saturated heterocycles. The van der Waals surface area contributed by atoms with E-state index >= 15 is 0 Å². The van der Waals surface area contributed by atoms with Gasteiger partial charge in [-0.1, -0.05) is 26.0 Å². The molecule has 1 aromatic carbocycles. The lowest BCUT2D eigenvalue weighted by molar-refractivity contribution is -0.142. The maximum absolute atomic E-state index is 13.1. The van der Waals surface area contributed by atoms with Crippen molar-refractivity contribution in [3.05, 3.63) is 29.8 Å². The normalized spacial score (nSPS) is 14.5. The fourth-order valence-corrected chi connectivity index (χ4v) is 3.82. The quantitative estimate of drug-likeness (QED) is 0.162. The third kappa shape index (κ3) is 11.2. The Morgan fingerprint density at radius 3 is 2.03 bits per heavy atom. The summed E-state index contributed by atoms with van der Waals surface area (Å²) < 4.78 is 0. The second-order valence-corrected chi connectivity index (χ2v) is 9.94. The van der Waals surface area contributed by atoms with E-state index in [2.05, 4.69) is 28.6 Å². The van der Waals surface area contributed by atoms with Crippen molar-refractivity contribution >= 4 is 48.1 Å². The number of phenols is 1. The van der Waals surface area contributed by atoms with Gasteiger partial charge in [-0.2, -0.15) is 24.4 Å². The van der Waals surface area contributed by atoms with Gasteiger partial charge in [-0.25, -0.2) is 4.79 Å². The Morgan fingerprint density at radius 2 is 1.51 bits per heavy atom. The molecule has 0 aliphatic heterocycles. The van der Waals surface area contributed by atoms with Gasteiger partial charge in [0.2, 0.25) is 17.7 Å². The predicted octanol–water partition coefficient (Wildman–Crippen LogP) is 0.530. The zero-order valence-corrected chi connectivity index (χ0v) is 21.9. The van der Waals surface area contributed by atoms with Crippen molar-refractivity contribution < 1.29 is 29.4 Å². The number of nitrogens with one attached hydrogen (secondary N) is 3. The minimum Gasteiger partial charge on any atom is -0.508 e. The molecule has 4 unspecified atom stereocenters. The molecule has 0 aromatic heterocycles. The number of hydrogen-bond acceptors (Lipinski definition) is 8. The van der Waals surface area contributed by atoms with E-state index in [1.54, 1.807) is 12.1 Å². The number of carboxylic acids is 1. The van der Waals surface area contributed by atoms with Gasteiger partial charge in [-0.3, -0.25) is 14.4 Å². The number of amides is 3. The highest BCUT2D eigenvalue weighted by molar-refractivity contribution is 7.98. The first kappa shape index (κ1) is 30.6. The van der Waals surface area contributed by atoms with E-state index in [9.17, 15) is 29.4 Å². The van der Waals surface area contributed by atoms with Crippen molar-refractivity contribution in [2.45, 2.75) is 57.3 Å². The molecule has 0 radical (unpaired) electrons. The molecular weight excluding hydrogens is 492 g/mol. The molecule has 7 N–H and O–H groups in total. The van der Waals surface area contributed by atoms with Crippen LogP contribution in [0, 0.1) is 5.92 Å². The van der Waals surface area contributed by atoms with Gasteiger partial charge in [0, 0.05) is 12.2 Å². The fourth-order valence-electron chi connectivity index (χ4n) is 3.18. The molecule has 3 amide bonds. The van der Waals surface area contributed by atoms with Gasteiger partial charge in [-0.05, 0) is 48.5 Å². The zero-order chi connectivity index (χ0) is 26.5. The lowest BCUT2D eigenvalue weighted by atomic mass is 10.0. The van der Waals surface area contributed by atoms with Crippen LogP contribution >= 0.6 is 24.4 Å². The Labute approximate surface area is 215 Å². The molecule has 1 aromatic rings. The van der Waals surface area contributed by atoms with Crippen LogP contribution in [0.2, 0.25) is 0 Å². The van der Waals surface area contributed by atoms with Crippen LogP contribution < -0.4 is 21.7 Å². The number of rotatable bonds is 15. The van der Waals surface area contributed by atoms with Crippen molar-refractivity contribution in [2.75, 3.05) is 17.8 Å². The molecule has 10 nitrogen and oxygen atoms in total. The van der Waals surface area contributed by atoms with E-state index < -0.39 is 47.9 Å². The minimum atomic E-state index is -1.17. The van der Waals surface area contributed by atoms with Crippen LogP contribution in [0.25, 0.3) is 0 Å². The Morgan fingerprint density at radius 1 is 0.971 bits per heavy atom. The highest BCUT2D eigenvalue weighted by Crippen LogP contribution is 2.13. The summed E-state index contributed by atoms with van der Waals surface area (Å²) >= 11 is 5.50. The maximum atomic E-state index is 13.1. The third-order valence-electron chi connectivity index (χ3n) is 5.11. The molecule has 12 heteroatoms. The number of phenolic OH excluding ortho intramolecular Hbond substituents is 1. The summed E-state index contributed by atoms with van der Waals surface area (Å²) in [7, 11) is 0. The zero-order valence-electron chi connectivity index (χ0n) is 20.2. The summed E-state index contributed by atoms with van der Waals surface area (Å²) in [4.78, 5) is 50.2. The average Bonchev–Trinajstić information content (AvgIpc) is 2.80. The van der Waals surface area contributed by atoms with Crippen molar-refractivity contribution in [3.63, 3.8) is 0 Å². The highest BCUT2D eigenvalue weighted by atomic mass is 32.2. The number of thiol groups is 1. The van der Waals surface area contributed by atoms with E-state index in [0.717, 1.165) is 0 Å². The van der Waals surface area contributed by atoms with Gasteiger partial charge in [0.25, 0.3) is 0 Å². The fraction of sp³-hybridized carbons (Fsp3) is 0.565. The molecule has 0 heterocycles. The van der Waals surface area contributed by atoms with Crippen LogP contribution in [-0.4, -0.2) is 75.8 Å². The second kappa shape index (κ2) is 15.5. The van der Waals surface area contributed by atoms with E-state index in [4.69, 9.17) is 5.73 Å². The van der Waals surface area contributed by atoms with Gasteiger partial charge < -0.3 is 31.9 Å². The predicted molar refractivity (Wildman–Crippen MR) is 140 cm³/mol.